The van der Waals surface area contributed by atoms with Crippen LogP contribution >= 0.6 is 0 Å². The number of nitrogens with one attached hydrogen (secondary N) is 2. The van der Waals surface area contributed by atoms with Gasteiger partial charge in [-0.25, -0.2) is 14.5 Å². The molecular weight excluding hydrogens is 290 g/mol. The van der Waals surface area contributed by atoms with Crippen molar-refractivity contribution in [2.45, 2.75) is 46.6 Å². The van der Waals surface area contributed by atoms with Crippen molar-refractivity contribution >= 4 is 6.03 Å². The lowest BCUT2D eigenvalue weighted by atomic mass is 10.2. The van der Waals surface area contributed by atoms with Gasteiger partial charge in [-0.1, -0.05) is 25.8 Å². The molecule has 0 bridgehead atoms. The Morgan fingerprint density at radius 1 is 1.22 bits per heavy atom. The van der Waals surface area contributed by atoms with Gasteiger partial charge >= 0.3 is 6.03 Å². The van der Waals surface area contributed by atoms with Crippen molar-refractivity contribution in [1.29, 1.82) is 0 Å². The molecule has 0 atom stereocenters. The molecule has 6 nitrogen and oxygen atoms in total. The summed E-state index contributed by atoms with van der Waals surface area (Å²) < 4.78 is 1.81. The summed E-state index contributed by atoms with van der Waals surface area (Å²) in [5.41, 5.74) is 2.97. The number of aromatic nitrogens is 3. The first-order valence-corrected chi connectivity index (χ1v) is 8.10. The number of carbonyl (C=O) groups is 1. The minimum absolute atomic E-state index is 0.135. The fourth-order valence-electron chi connectivity index (χ4n) is 2.33. The van der Waals surface area contributed by atoms with E-state index in [1.807, 2.05) is 36.7 Å². The lowest BCUT2D eigenvalue weighted by Gasteiger charge is -2.08. The maximum Gasteiger partial charge on any atom is 0.315 e. The first-order chi connectivity index (χ1) is 11.1. The van der Waals surface area contributed by atoms with Gasteiger partial charge in [0.15, 0.2) is 5.82 Å². The van der Waals surface area contributed by atoms with Crippen LogP contribution in [0.3, 0.4) is 0 Å². The van der Waals surface area contributed by atoms with E-state index in [1.54, 1.807) is 6.20 Å². The molecule has 0 aliphatic carbocycles. The maximum absolute atomic E-state index is 11.7. The number of aryl methyl sites for hydroxylation is 2. The molecule has 2 N–H and O–H groups in total. The summed E-state index contributed by atoms with van der Waals surface area (Å²) in [6.07, 6.45) is 5.07. The van der Waals surface area contributed by atoms with E-state index in [-0.39, 0.29) is 6.03 Å². The predicted molar refractivity (Wildman–Crippen MR) is 90.6 cm³/mol. The quantitative estimate of drug-likeness (QED) is 0.772. The van der Waals surface area contributed by atoms with Crippen LogP contribution in [0.5, 0.6) is 0 Å². The molecule has 0 saturated carbocycles. The van der Waals surface area contributed by atoms with Crippen LogP contribution in [0.25, 0.3) is 5.82 Å². The molecule has 0 spiro atoms. The first-order valence-electron chi connectivity index (χ1n) is 8.10. The van der Waals surface area contributed by atoms with Crippen molar-refractivity contribution in [1.82, 2.24) is 25.4 Å². The highest BCUT2D eigenvalue weighted by Gasteiger charge is 2.05. The van der Waals surface area contributed by atoms with E-state index in [4.69, 9.17) is 0 Å². The Kier molecular flexibility index (Phi) is 6.14. The van der Waals surface area contributed by atoms with E-state index in [9.17, 15) is 4.79 Å². The molecule has 124 valence electrons. The Morgan fingerprint density at radius 2 is 2.04 bits per heavy atom. The molecule has 2 rings (SSSR count). The van der Waals surface area contributed by atoms with Gasteiger partial charge in [0.25, 0.3) is 0 Å². The van der Waals surface area contributed by atoms with Crippen LogP contribution in [0.4, 0.5) is 4.79 Å². The van der Waals surface area contributed by atoms with Gasteiger partial charge in [-0.05, 0) is 38.0 Å². The monoisotopic (exact) mass is 315 g/mol. The van der Waals surface area contributed by atoms with Gasteiger partial charge in [0.1, 0.15) is 0 Å². The molecule has 0 aliphatic heterocycles. The molecule has 0 aromatic carbocycles. The smallest absolute Gasteiger partial charge is 0.315 e. The molecule has 0 aliphatic rings. The van der Waals surface area contributed by atoms with Crippen molar-refractivity contribution in [3.05, 3.63) is 41.3 Å². The lowest BCUT2D eigenvalue weighted by molar-refractivity contribution is 0.240. The zero-order valence-electron chi connectivity index (χ0n) is 14.1. The largest absolute Gasteiger partial charge is 0.338 e. The number of hydrogen-bond donors (Lipinski definition) is 2. The third-order valence-corrected chi connectivity index (χ3v) is 3.55. The molecule has 0 saturated heterocycles. The normalized spacial score (nSPS) is 10.6. The minimum atomic E-state index is -0.135. The number of unbranched alkanes of at least 4 members (excludes halogenated alkanes) is 2. The van der Waals surface area contributed by atoms with Gasteiger partial charge in [0.2, 0.25) is 0 Å². The van der Waals surface area contributed by atoms with Crippen molar-refractivity contribution in [2.75, 3.05) is 6.54 Å². The Bertz CT molecular complexity index is 633. The van der Waals surface area contributed by atoms with Crippen LogP contribution < -0.4 is 10.6 Å². The Morgan fingerprint density at radius 3 is 2.65 bits per heavy atom. The zero-order valence-corrected chi connectivity index (χ0v) is 14.1. The number of hydrogen-bond acceptors (Lipinski definition) is 3. The lowest BCUT2D eigenvalue weighted by Crippen LogP contribution is -2.35. The molecule has 0 fully saturated rings. The molecule has 0 radical (unpaired) electrons. The van der Waals surface area contributed by atoms with Gasteiger partial charge in [0, 0.05) is 25.0 Å². The van der Waals surface area contributed by atoms with Crippen LogP contribution in [-0.2, 0) is 6.54 Å². The van der Waals surface area contributed by atoms with E-state index in [2.05, 4.69) is 27.6 Å². The van der Waals surface area contributed by atoms with Crippen LogP contribution in [0.15, 0.2) is 24.4 Å². The van der Waals surface area contributed by atoms with Gasteiger partial charge in [-0.15, -0.1) is 0 Å². The highest BCUT2D eigenvalue weighted by Crippen LogP contribution is 2.10. The van der Waals surface area contributed by atoms with Crippen LogP contribution in [0, 0.1) is 13.8 Å². The fourth-order valence-corrected chi connectivity index (χ4v) is 2.33. The van der Waals surface area contributed by atoms with Gasteiger partial charge in [-0.3, -0.25) is 0 Å². The molecule has 6 heteroatoms. The van der Waals surface area contributed by atoms with E-state index >= 15 is 0 Å². The predicted octanol–water partition coefficient (Wildman–Crippen LogP) is 2.87. The van der Waals surface area contributed by atoms with Gasteiger partial charge < -0.3 is 10.6 Å². The van der Waals surface area contributed by atoms with Crippen molar-refractivity contribution < 1.29 is 4.79 Å². The maximum atomic E-state index is 11.7. The van der Waals surface area contributed by atoms with Gasteiger partial charge in [0.05, 0.1) is 5.69 Å². The third kappa shape index (κ3) is 5.09. The van der Waals surface area contributed by atoms with E-state index in [0.29, 0.717) is 6.54 Å². The van der Waals surface area contributed by atoms with Crippen molar-refractivity contribution in [3.63, 3.8) is 0 Å². The molecule has 23 heavy (non-hydrogen) atoms. The Labute approximate surface area is 137 Å². The number of pyridine rings is 1. The number of amides is 2. The average Bonchev–Trinajstić information content (AvgIpc) is 2.88. The summed E-state index contributed by atoms with van der Waals surface area (Å²) in [7, 11) is 0. The average molecular weight is 315 g/mol. The number of nitrogens with zero attached hydrogens (tertiary/aromatic N) is 3. The fraction of sp³-hybridized carbons (Fsp3) is 0.471. The van der Waals surface area contributed by atoms with Crippen LogP contribution in [-0.4, -0.2) is 27.3 Å². The number of rotatable bonds is 7. The second-order valence-electron chi connectivity index (χ2n) is 5.68. The standard InChI is InChI=1S/C17H25N5O/c1-4-5-6-9-18-17(23)20-12-15-7-8-16(19-11-15)22-14(3)10-13(2)21-22/h7-8,10-11H,4-6,9,12H2,1-3H3,(H2,18,20,23). The van der Waals surface area contributed by atoms with Crippen molar-refractivity contribution in [2.24, 2.45) is 0 Å². The SMILES string of the molecule is CCCCCNC(=O)NCc1ccc(-n2nc(C)cc2C)nc1. The topological polar surface area (TPSA) is 71.8 Å². The Hall–Kier alpha value is -2.37. The van der Waals surface area contributed by atoms with E-state index in [0.717, 1.165) is 48.6 Å². The van der Waals surface area contributed by atoms with Gasteiger partial charge in [-0.2, -0.15) is 5.10 Å². The summed E-state index contributed by atoms with van der Waals surface area (Å²) in [5, 5.41) is 10.1. The second kappa shape index (κ2) is 8.31. The highest BCUT2D eigenvalue weighted by atomic mass is 16.2. The Balaban J connectivity index is 1.83. The molecule has 2 heterocycles. The molecule has 2 aromatic rings. The minimum Gasteiger partial charge on any atom is -0.338 e. The van der Waals surface area contributed by atoms with E-state index < -0.39 is 0 Å². The molecular formula is C17H25N5O. The second-order valence-corrected chi connectivity index (χ2v) is 5.68. The van der Waals surface area contributed by atoms with E-state index in [1.165, 1.54) is 0 Å². The molecule has 2 aromatic heterocycles. The zero-order chi connectivity index (χ0) is 16.7. The summed E-state index contributed by atoms with van der Waals surface area (Å²) in [6.45, 7) is 7.28. The summed E-state index contributed by atoms with van der Waals surface area (Å²) in [6, 6.07) is 5.75. The first kappa shape index (κ1) is 17.0. The summed E-state index contributed by atoms with van der Waals surface area (Å²) in [5.74, 6) is 0.781. The summed E-state index contributed by atoms with van der Waals surface area (Å²) >= 11 is 0. The third-order valence-electron chi connectivity index (χ3n) is 3.55. The highest BCUT2D eigenvalue weighted by molar-refractivity contribution is 5.73. The van der Waals surface area contributed by atoms with Crippen molar-refractivity contribution in [3.8, 4) is 5.82 Å². The molecule has 0 unspecified atom stereocenters. The summed E-state index contributed by atoms with van der Waals surface area (Å²) in [4.78, 5) is 16.1. The molecule has 2 amide bonds. The number of carbonyl (C=O) groups excluding carboxylic acids is 1. The van der Waals surface area contributed by atoms with Crippen LogP contribution in [0.1, 0.15) is 43.1 Å². The van der Waals surface area contributed by atoms with Crippen LogP contribution in [0.2, 0.25) is 0 Å². The number of urea groups is 1.